The molecule has 0 unspecified atom stereocenters. The van der Waals surface area contributed by atoms with Gasteiger partial charge < -0.3 is 24.7 Å². The molecular weight excluding hydrogens is 282 g/mol. The third-order valence-corrected chi connectivity index (χ3v) is 4.32. The first-order chi connectivity index (χ1) is 10.8. The van der Waals surface area contributed by atoms with Gasteiger partial charge in [-0.05, 0) is 19.3 Å². The highest BCUT2D eigenvalue weighted by Crippen LogP contribution is 2.30. The molecule has 7 nitrogen and oxygen atoms in total. The molecule has 2 aliphatic rings. The summed E-state index contributed by atoms with van der Waals surface area (Å²) in [5.41, 5.74) is 8.13. The number of oxazole rings is 1. The fourth-order valence-corrected chi connectivity index (χ4v) is 3.11. The molecule has 0 aromatic carbocycles. The molecule has 0 bridgehead atoms. The van der Waals surface area contributed by atoms with E-state index >= 15 is 0 Å². The van der Waals surface area contributed by atoms with Gasteiger partial charge in [0.05, 0.1) is 18.9 Å². The maximum Gasteiger partial charge on any atom is 0.300 e. The summed E-state index contributed by atoms with van der Waals surface area (Å²) in [6.07, 6.45) is 3.66. The molecular formula is C15H21N5O2. The van der Waals surface area contributed by atoms with Gasteiger partial charge >= 0.3 is 0 Å². The van der Waals surface area contributed by atoms with E-state index < -0.39 is 0 Å². The fourth-order valence-electron chi connectivity index (χ4n) is 3.11. The summed E-state index contributed by atoms with van der Waals surface area (Å²) in [6, 6.07) is 2.46. The van der Waals surface area contributed by atoms with Crippen LogP contribution in [0.5, 0.6) is 0 Å². The zero-order valence-electron chi connectivity index (χ0n) is 12.6. The molecule has 0 atom stereocenters. The first-order valence-electron chi connectivity index (χ1n) is 7.96. The van der Waals surface area contributed by atoms with E-state index in [4.69, 9.17) is 14.9 Å². The van der Waals surface area contributed by atoms with Gasteiger partial charge in [-0.25, -0.2) is 4.98 Å². The lowest BCUT2D eigenvalue weighted by Crippen LogP contribution is -2.36. The molecule has 2 saturated heterocycles. The van der Waals surface area contributed by atoms with Crippen molar-refractivity contribution in [3.63, 3.8) is 0 Å². The van der Waals surface area contributed by atoms with E-state index in [9.17, 15) is 0 Å². The molecule has 2 fully saturated rings. The summed E-state index contributed by atoms with van der Waals surface area (Å²) in [6.45, 7) is 5.01. The average molecular weight is 303 g/mol. The first-order valence-corrected chi connectivity index (χ1v) is 7.96. The third kappa shape index (κ3) is 2.45. The minimum atomic E-state index is 0.612. The number of piperidine rings is 1. The highest BCUT2D eigenvalue weighted by molar-refractivity contribution is 5.80. The van der Waals surface area contributed by atoms with Crippen LogP contribution in [0.25, 0.3) is 11.2 Å². The van der Waals surface area contributed by atoms with Gasteiger partial charge in [0.2, 0.25) is 5.65 Å². The normalized spacial score (nSPS) is 19.8. The predicted octanol–water partition coefficient (Wildman–Crippen LogP) is 1.63. The molecule has 22 heavy (non-hydrogen) atoms. The van der Waals surface area contributed by atoms with Crippen molar-refractivity contribution >= 4 is 28.8 Å². The van der Waals surface area contributed by atoms with Crippen molar-refractivity contribution in [1.82, 2.24) is 9.97 Å². The van der Waals surface area contributed by atoms with E-state index in [-0.39, 0.29) is 0 Å². The summed E-state index contributed by atoms with van der Waals surface area (Å²) >= 11 is 0. The molecule has 4 rings (SSSR count). The average Bonchev–Trinajstić information content (AvgIpc) is 2.98. The predicted molar refractivity (Wildman–Crippen MR) is 85.3 cm³/mol. The molecule has 2 aliphatic heterocycles. The Morgan fingerprint density at radius 1 is 0.955 bits per heavy atom. The fraction of sp³-hybridized carbons (Fsp3) is 0.600. The Morgan fingerprint density at radius 2 is 1.73 bits per heavy atom. The highest BCUT2D eigenvalue weighted by Gasteiger charge is 2.21. The highest BCUT2D eigenvalue weighted by atomic mass is 16.5. The molecule has 4 heterocycles. The van der Waals surface area contributed by atoms with Crippen LogP contribution < -0.4 is 15.5 Å². The molecule has 2 aromatic heterocycles. The van der Waals surface area contributed by atoms with Crippen LogP contribution in [-0.4, -0.2) is 49.4 Å². The number of anilines is 3. The molecule has 2 aromatic rings. The zero-order chi connectivity index (χ0) is 14.9. The van der Waals surface area contributed by atoms with E-state index in [1.165, 1.54) is 19.3 Å². The SMILES string of the molecule is Nc1cc2oc(N3CCOCC3)nc2nc1N1CCCCC1. The summed E-state index contributed by atoms with van der Waals surface area (Å²) in [4.78, 5) is 13.5. The number of pyridine rings is 1. The van der Waals surface area contributed by atoms with Crippen LogP contribution in [0.4, 0.5) is 17.5 Å². The van der Waals surface area contributed by atoms with Gasteiger partial charge in [0.1, 0.15) is 0 Å². The molecule has 0 spiro atoms. The lowest BCUT2D eigenvalue weighted by Gasteiger charge is -2.28. The zero-order valence-corrected chi connectivity index (χ0v) is 12.6. The van der Waals surface area contributed by atoms with E-state index in [1.54, 1.807) is 0 Å². The number of hydrogen-bond acceptors (Lipinski definition) is 7. The van der Waals surface area contributed by atoms with Crippen LogP contribution in [0.1, 0.15) is 19.3 Å². The van der Waals surface area contributed by atoms with E-state index in [0.29, 0.717) is 36.1 Å². The van der Waals surface area contributed by atoms with E-state index in [0.717, 1.165) is 32.0 Å². The van der Waals surface area contributed by atoms with Crippen LogP contribution in [0.15, 0.2) is 10.5 Å². The smallest absolute Gasteiger partial charge is 0.300 e. The number of ether oxygens (including phenoxy) is 1. The molecule has 0 saturated carbocycles. The third-order valence-electron chi connectivity index (χ3n) is 4.32. The molecule has 0 amide bonds. The Hall–Kier alpha value is -2.02. The molecule has 118 valence electrons. The Morgan fingerprint density at radius 3 is 2.50 bits per heavy atom. The Labute approximate surface area is 129 Å². The van der Waals surface area contributed by atoms with Crippen molar-refractivity contribution in [2.45, 2.75) is 19.3 Å². The van der Waals surface area contributed by atoms with Gasteiger partial charge in [0, 0.05) is 32.2 Å². The summed E-state index contributed by atoms with van der Waals surface area (Å²) in [7, 11) is 0. The van der Waals surface area contributed by atoms with Crippen LogP contribution in [0.2, 0.25) is 0 Å². The number of nitrogen functional groups attached to an aromatic ring is 1. The van der Waals surface area contributed by atoms with Gasteiger partial charge in [-0.1, -0.05) is 0 Å². The molecule has 0 radical (unpaired) electrons. The van der Waals surface area contributed by atoms with Crippen molar-refractivity contribution in [3.05, 3.63) is 6.07 Å². The van der Waals surface area contributed by atoms with E-state index in [2.05, 4.69) is 19.8 Å². The van der Waals surface area contributed by atoms with Crippen LogP contribution >= 0.6 is 0 Å². The Bertz CT molecular complexity index is 659. The number of aromatic nitrogens is 2. The largest absolute Gasteiger partial charge is 0.422 e. The van der Waals surface area contributed by atoms with Crippen molar-refractivity contribution in [2.24, 2.45) is 0 Å². The topological polar surface area (TPSA) is 80.6 Å². The number of morpholine rings is 1. The van der Waals surface area contributed by atoms with Crippen molar-refractivity contribution in [3.8, 4) is 0 Å². The number of rotatable bonds is 2. The van der Waals surface area contributed by atoms with Gasteiger partial charge in [-0.3, -0.25) is 0 Å². The van der Waals surface area contributed by atoms with Crippen LogP contribution in [0, 0.1) is 0 Å². The molecule has 0 aliphatic carbocycles. The monoisotopic (exact) mass is 303 g/mol. The summed E-state index contributed by atoms with van der Waals surface area (Å²) in [5, 5.41) is 0. The number of hydrogen-bond donors (Lipinski definition) is 1. The van der Waals surface area contributed by atoms with Gasteiger partial charge in [0.25, 0.3) is 6.01 Å². The maximum atomic E-state index is 6.18. The van der Waals surface area contributed by atoms with Gasteiger partial charge in [-0.15, -0.1) is 0 Å². The number of fused-ring (bicyclic) bond motifs is 1. The number of nitrogens with zero attached hydrogens (tertiary/aromatic N) is 4. The second-order valence-electron chi connectivity index (χ2n) is 5.87. The quantitative estimate of drug-likeness (QED) is 0.903. The standard InChI is InChI=1S/C15H21N5O2/c16-11-10-12-13(17-14(11)19-4-2-1-3-5-19)18-15(22-12)20-6-8-21-9-7-20/h10H,1-9,16H2. The van der Waals surface area contributed by atoms with Crippen molar-refractivity contribution in [1.29, 1.82) is 0 Å². The second kappa shape index (κ2) is 5.64. The molecule has 2 N–H and O–H groups in total. The van der Waals surface area contributed by atoms with Crippen LogP contribution in [-0.2, 0) is 4.74 Å². The van der Waals surface area contributed by atoms with Crippen molar-refractivity contribution in [2.75, 3.05) is 54.9 Å². The molecule has 7 heteroatoms. The Kier molecular flexibility index (Phi) is 3.49. The lowest BCUT2D eigenvalue weighted by molar-refractivity contribution is 0.120. The maximum absolute atomic E-state index is 6.18. The van der Waals surface area contributed by atoms with Crippen LogP contribution in [0.3, 0.4) is 0 Å². The second-order valence-corrected chi connectivity index (χ2v) is 5.87. The summed E-state index contributed by atoms with van der Waals surface area (Å²) in [5.74, 6) is 0.842. The van der Waals surface area contributed by atoms with Gasteiger partial charge in [0.15, 0.2) is 11.4 Å². The van der Waals surface area contributed by atoms with E-state index in [1.807, 2.05) is 6.07 Å². The minimum Gasteiger partial charge on any atom is -0.422 e. The van der Waals surface area contributed by atoms with Gasteiger partial charge in [-0.2, -0.15) is 4.98 Å². The van der Waals surface area contributed by atoms with Crippen molar-refractivity contribution < 1.29 is 9.15 Å². The first kappa shape index (κ1) is 13.6. The minimum absolute atomic E-state index is 0.612. The summed E-state index contributed by atoms with van der Waals surface area (Å²) < 4.78 is 11.2. The number of nitrogens with two attached hydrogens (primary N) is 1. The lowest BCUT2D eigenvalue weighted by atomic mass is 10.1. The Balaban J connectivity index is 1.67.